The maximum atomic E-state index is 12.0. The first kappa shape index (κ1) is 23.4. The van der Waals surface area contributed by atoms with Crippen molar-refractivity contribution < 1.29 is 17.5 Å². The number of hydroxylamine groups is 2. The Labute approximate surface area is 149 Å². The second-order valence-electron chi connectivity index (χ2n) is 6.29. The summed E-state index contributed by atoms with van der Waals surface area (Å²) in [5.74, 6) is -0.375. The molecule has 0 aliphatic carbocycles. The number of hydrogen-bond donors (Lipinski definition) is 0. The van der Waals surface area contributed by atoms with Crippen LogP contribution in [0.2, 0.25) is 0 Å². The van der Waals surface area contributed by atoms with Gasteiger partial charge in [-0.05, 0) is 20.3 Å². The van der Waals surface area contributed by atoms with Crippen LogP contribution in [0.25, 0.3) is 0 Å². The molecule has 0 bridgehead atoms. The average Bonchev–Trinajstić information content (AvgIpc) is 2.57. The number of carbonyl (C=O) groups excluding carboxylic acids is 1. The van der Waals surface area contributed by atoms with E-state index < -0.39 is 10.1 Å². The minimum atomic E-state index is -3.62. The molecular weight excluding hydrogens is 326 g/mol. The SMILES string of the molecule is CCCCCCCCCCCCCC(=O)N(CC)OS(=O)(=O)CC. The van der Waals surface area contributed by atoms with Crippen molar-refractivity contribution in [1.82, 2.24) is 5.06 Å². The molecule has 0 spiro atoms. The Morgan fingerprint density at radius 1 is 0.792 bits per heavy atom. The fourth-order valence-electron chi connectivity index (χ4n) is 2.53. The Balaban J connectivity index is 3.63. The van der Waals surface area contributed by atoms with Crippen LogP contribution in [0.5, 0.6) is 0 Å². The molecule has 0 N–H and O–H groups in total. The number of amides is 1. The first-order valence-electron chi connectivity index (χ1n) is 9.69. The van der Waals surface area contributed by atoms with E-state index in [-0.39, 0.29) is 18.2 Å². The monoisotopic (exact) mass is 363 g/mol. The van der Waals surface area contributed by atoms with Crippen LogP contribution >= 0.6 is 0 Å². The van der Waals surface area contributed by atoms with Gasteiger partial charge in [-0.15, -0.1) is 4.28 Å². The molecule has 0 aromatic rings. The summed E-state index contributed by atoms with van der Waals surface area (Å²) >= 11 is 0. The molecule has 0 saturated heterocycles. The van der Waals surface area contributed by atoms with Gasteiger partial charge in [0.25, 0.3) is 10.1 Å². The Bertz CT molecular complexity index is 409. The zero-order chi connectivity index (χ0) is 18.3. The lowest BCUT2D eigenvalue weighted by molar-refractivity contribution is -0.155. The highest BCUT2D eigenvalue weighted by Crippen LogP contribution is 2.13. The third kappa shape index (κ3) is 12.8. The minimum absolute atomic E-state index is 0.130. The first-order valence-corrected chi connectivity index (χ1v) is 11.3. The standard InChI is InChI=1S/C18H37NO4S/c1-4-7-8-9-10-11-12-13-14-15-16-17-18(20)19(5-2)23-24(21,22)6-3/h4-17H2,1-3H3. The molecule has 0 saturated carbocycles. The van der Waals surface area contributed by atoms with Gasteiger partial charge >= 0.3 is 0 Å². The van der Waals surface area contributed by atoms with Crippen LogP contribution in [-0.4, -0.2) is 31.7 Å². The van der Waals surface area contributed by atoms with Crippen LogP contribution in [0.1, 0.15) is 97.8 Å². The molecular formula is C18H37NO4S. The third-order valence-electron chi connectivity index (χ3n) is 4.12. The highest BCUT2D eigenvalue weighted by molar-refractivity contribution is 7.86. The molecule has 6 heteroatoms. The number of rotatable bonds is 16. The van der Waals surface area contributed by atoms with Crippen molar-refractivity contribution in [2.75, 3.05) is 12.3 Å². The highest BCUT2D eigenvalue weighted by atomic mass is 32.2. The van der Waals surface area contributed by atoms with E-state index in [1.54, 1.807) is 6.92 Å². The van der Waals surface area contributed by atoms with Gasteiger partial charge in [-0.3, -0.25) is 4.79 Å². The Morgan fingerprint density at radius 2 is 1.25 bits per heavy atom. The maximum Gasteiger partial charge on any atom is 0.287 e. The summed E-state index contributed by atoms with van der Waals surface area (Å²) in [7, 11) is -3.62. The van der Waals surface area contributed by atoms with Crippen molar-refractivity contribution in [3.05, 3.63) is 0 Å². The van der Waals surface area contributed by atoms with Crippen LogP contribution < -0.4 is 0 Å². The molecule has 0 radical (unpaired) electrons. The molecule has 0 aromatic heterocycles. The highest BCUT2D eigenvalue weighted by Gasteiger charge is 2.19. The van der Waals surface area contributed by atoms with Crippen molar-refractivity contribution in [2.45, 2.75) is 97.8 Å². The summed E-state index contributed by atoms with van der Waals surface area (Å²) in [6.45, 7) is 5.69. The molecule has 0 atom stereocenters. The summed E-state index contributed by atoms with van der Waals surface area (Å²) in [5.41, 5.74) is 0. The molecule has 1 amide bonds. The van der Waals surface area contributed by atoms with Gasteiger partial charge in [0.05, 0.1) is 5.75 Å². The molecule has 5 nitrogen and oxygen atoms in total. The van der Waals surface area contributed by atoms with Gasteiger partial charge in [0.1, 0.15) is 0 Å². The van der Waals surface area contributed by atoms with Crippen LogP contribution in [0.15, 0.2) is 0 Å². The van der Waals surface area contributed by atoms with Gasteiger partial charge in [0.15, 0.2) is 0 Å². The number of carbonyl (C=O) groups is 1. The van der Waals surface area contributed by atoms with Gasteiger partial charge in [0.2, 0.25) is 5.91 Å². The van der Waals surface area contributed by atoms with Crippen LogP contribution in [0, 0.1) is 0 Å². The van der Waals surface area contributed by atoms with Crippen LogP contribution in [-0.2, 0) is 19.2 Å². The predicted octanol–water partition coefficient (Wildman–Crippen LogP) is 4.82. The number of unbranched alkanes of at least 4 members (excludes halogenated alkanes) is 10. The fourth-order valence-corrected chi connectivity index (χ4v) is 3.09. The van der Waals surface area contributed by atoms with Crippen molar-refractivity contribution in [2.24, 2.45) is 0 Å². The minimum Gasteiger partial charge on any atom is -0.273 e. The Morgan fingerprint density at radius 3 is 1.67 bits per heavy atom. The van der Waals surface area contributed by atoms with Crippen molar-refractivity contribution in [3.8, 4) is 0 Å². The molecule has 0 aliphatic heterocycles. The lowest BCUT2D eigenvalue weighted by Gasteiger charge is -2.18. The van der Waals surface area contributed by atoms with E-state index in [2.05, 4.69) is 6.92 Å². The van der Waals surface area contributed by atoms with E-state index in [1.807, 2.05) is 0 Å². The van der Waals surface area contributed by atoms with Gasteiger partial charge < -0.3 is 0 Å². The second-order valence-corrected chi connectivity index (χ2v) is 8.14. The summed E-state index contributed by atoms with van der Waals surface area (Å²) in [5, 5.41) is 0.967. The smallest absolute Gasteiger partial charge is 0.273 e. The summed E-state index contributed by atoms with van der Waals surface area (Å²) in [6, 6.07) is 0. The van der Waals surface area contributed by atoms with Gasteiger partial charge in [-0.2, -0.15) is 8.42 Å². The van der Waals surface area contributed by atoms with Crippen molar-refractivity contribution in [3.63, 3.8) is 0 Å². The average molecular weight is 364 g/mol. The third-order valence-corrected chi connectivity index (χ3v) is 5.23. The van der Waals surface area contributed by atoms with E-state index in [1.165, 1.54) is 58.3 Å². The van der Waals surface area contributed by atoms with Crippen LogP contribution in [0.3, 0.4) is 0 Å². The maximum absolute atomic E-state index is 12.0. The molecule has 144 valence electrons. The lowest BCUT2D eigenvalue weighted by atomic mass is 10.1. The Kier molecular flexibility index (Phi) is 14.3. The van der Waals surface area contributed by atoms with E-state index in [4.69, 9.17) is 4.28 Å². The molecule has 0 aliphatic rings. The van der Waals surface area contributed by atoms with E-state index in [0.29, 0.717) is 6.42 Å². The second kappa shape index (κ2) is 14.7. The number of nitrogens with zero attached hydrogens (tertiary/aromatic N) is 1. The lowest BCUT2D eigenvalue weighted by Crippen LogP contribution is -2.33. The molecule has 0 fully saturated rings. The zero-order valence-electron chi connectivity index (χ0n) is 15.9. The number of hydrogen-bond acceptors (Lipinski definition) is 4. The summed E-state index contributed by atoms with van der Waals surface area (Å²) < 4.78 is 27.6. The Hall–Kier alpha value is -0.620. The fraction of sp³-hybridized carbons (Fsp3) is 0.944. The summed E-state index contributed by atoms with van der Waals surface area (Å²) in [4.78, 5) is 12.0. The molecule has 0 aromatic carbocycles. The van der Waals surface area contributed by atoms with Gasteiger partial charge in [-0.25, -0.2) is 5.06 Å². The van der Waals surface area contributed by atoms with E-state index in [0.717, 1.165) is 24.3 Å². The molecule has 0 heterocycles. The van der Waals surface area contributed by atoms with E-state index in [9.17, 15) is 13.2 Å². The van der Waals surface area contributed by atoms with Crippen LogP contribution in [0.4, 0.5) is 0 Å². The normalized spacial score (nSPS) is 11.6. The topological polar surface area (TPSA) is 63.7 Å². The quantitative estimate of drug-likeness (QED) is 0.291. The van der Waals surface area contributed by atoms with Crippen molar-refractivity contribution >= 4 is 16.0 Å². The molecule has 24 heavy (non-hydrogen) atoms. The molecule has 0 unspecified atom stereocenters. The van der Waals surface area contributed by atoms with Gasteiger partial charge in [0, 0.05) is 13.0 Å². The predicted molar refractivity (Wildman–Crippen MR) is 99.0 cm³/mol. The zero-order valence-corrected chi connectivity index (χ0v) is 16.7. The molecule has 0 rings (SSSR count). The van der Waals surface area contributed by atoms with Crippen molar-refractivity contribution in [1.29, 1.82) is 0 Å². The summed E-state index contributed by atoms with van der Waals surface area (Å²) in [6.07, 6.45) is 13.8. The first-order chi connectivity index (χ1) is 11.5. The van der Waals surface area contributed by atoms with Gasteiger partial charge in [-0.1, -0.05) is 71.1 Å². The largest absolute Gasteiger partial charge is 0.287 e. The van der Waals surface area contributed by atoms with E-state index >= 15 is 0 Å².